The molecule has 0 unspecified atom stereocenters. The van der Waals surface area contributed by atoms with Gasteiger partial charge in [-0.1, -0.05) is 25.4 Å². The molecule has 1 N–H and O–H groups in total. The van der Waals surface area contributed by atoms with E-state index in [4.69, 9.17) is 25.8 Å². The number of nitrogens with one attached hydrogen (secondary N) is 1. The number of hydrogen-bond acceptors (Lipinski definition) is 6. The van der Waals surface area contributed by atoms with E-state index < -0.39 is 24.0 Å². The highest BCUT2D eigenvalue weighted by Crippen LogP contribution is 2.38. The van der Waals surface area contributed by atoms with Crippen LogP contribution in [0.2, 0.25) is 5.02 Å². The lowest BCUT2D eigenvalue weighted by atomic mass is 9.90. The van der Waals surface area contributed by atoms with Crippen LogP contribution >= 0.6 is 11.6 Å². The van der Waals surface area contributed by atoms with E-state index in [0.717, 1.165) is 0 Å². The van der Waals surface area contributed by atoms with E-state index in [9.17, 15) is 14.9 Å². The number of nitrogens with zero attached hydrogens (tertiary/aromatic N) is 1. The predicted octanol–water partition coefficient (Wildman–Crippen LogP) is 2.71. The van der Waals surface area contributed by atoms with Crippen LogP contribution in [-0.4, -0.2) is 37.2 Å². The van der Waals surface area contributed by atoms with Gasteiger partial charge in [-0.25, -0.2) is 4.79 Å². The molecule has 1 atom stereocenters. The Bertz CT molecular complexity index is 744. The number of carbonyl (C=O) groups excluding carboxylic acids is 2. The molecule has 7 nitrogen and oxygen atoms in total. The number of halogens is 1. The van der Waals surface area contributed by atoms with Crippen LogP contribution < -0.4 is 14.8 Å². The number of ether oxygens (including phenoxy) is 3. The number of carbonyl (C=O) groups is 2. The fourth-order valence-corrected chi connectivity index (χ4v) is 2.46. The van der Waals surface area contributed by atoms with Crippen molar-refractivity contribution in [3.63, 3.8) is 0 Å². The zero-order valence-corrected chi connectivity index (χ0v) is 15.7. The zero-order chi connectivity index (χ0) is 19.3. The van der Waals surface area contributed by atoms with Crippen LogP contribution in [0.4, 0.5) is 0 Å². The number of benzene rings is 1. The lowest BCUT2D eigenvalue weighted by Gasteiger charge is -2.27. The van der Waals surface area contributed by atoms with Crippen molar-refractivity contribution < 1.29 is 23.8 Å². The summed E-state index contributed by atoms with van der Waals surface area (Å²) in [7, 11) is 0. The summed E-state index contributed by atoms with van der Waals surface area (Å²) in [5, 5.41) is 12.0. The lowest BCUT2D eigenvalue weighted by molar-refractivity contribution is -0.125. The Balaban J connectivity index is 2.02. The maximum atomic E-state index is 12.2. The SMILES string of the molecule is CC(C)[C@@](C)(C#N)NC(=O)COC(=O)c1cc(Cl)c2c(c1)OCCCO2. The molecule has 0 fully saturated rings. The summed E-state index contributed by atoms with van der Waals surface area (Å²) in [6.45, 7) is 5.66. The number of rotatable bonds is 5. The normalized spacial score (nSPS) is 15.4. The number of hydrogen-bond donors (Lipinski definition) is 1. The molecule has 8 heteroatoms. The first-order chi connectivity index (χ1) is 12.3. The van der Waals surface area contributed by atoms with Gasteiger partial charge in [-0.3, -0.25) is 4.79 Å². The minimum Gasteiger partial charge on any atom is -0.489 e. The lowest BCUT2D eigenvalue weighted by Crippen LogP contribution is -2.50. The topological polar surface area (TPSA) is 97.7 Å². The summed E-state index contributed by atoms with van der Waals surface area (Å²) < 4.78 is 16.0. The van der Waals surface area contributed by atoms with Crippen LogP contribution in [0.15, 0.2) is 12.1 Å². The standard InChI is InChI=1S/C18H21ClN2O5/c1-11(2)18(3,10-20)21-15(22)9-26-17(23)12-7-13(19)16-14(8-12)24-5-4-6-25-16/h7-8,11H,4-6,9H2,1-3H3,(H,21,22)/t18-/m1/s1. The quantitative estimate of drug-likeness (QED) is 0.789. The van der Waals surface area contributed by atoms with Crippen LogP contribution in [0.3, 0.4) is 0 Å². The van der Waals surface area contributed by atoms with Gasteiger partial charge in [0.1, 0.15) is 5.54 Å². The van der Waals surface area contributed by atoms with E-state index >= 15 is 0 Å². The minimum atomic E-state index is -1.04. The van der Waals surface area contributed by atoms with Gasteiger partial charge in [0.05, 0.1) is 29.9 Å². The Labute approximate surface area is 157 Å². The first-order valence-electron chi connectivity index (χ1n) is 8.25. The van der Waals surface area contributed by atoms with Crippen LogP contribution in [0.1, 0.15) is 37.6 Å². The molecule has 0 bridgehead atoms. The summed E-state index contributed by atoms with van der Waals surface area (Å²) in [5.74, 6) is -0.631. The van der Waals surface area contributed by atoms with E-state index in [0.29, 0.717) is 31.1 Å². The van der Waals surface area contributed by atoms with E-state index in [1.54, 1.807) is 6.92 Å². The summed E-state index contributed by atoms with van der Waals surface area (Å²) in [4.78, 5) is 24.2. The molecule has 0 spiro atoms. The third-order valence-electron chi connectivity index (χ3n) is 4.16. The third-order valence-corrected chi connectivity index (χ3v) is 4.44. The van der Waals surface area contributed by atoms with Crippen LogP contribution in [0.25, 0.3) is 0 Å². The molecule has 2 rings (SSSR count). The Morgan fingerprint density at radius 1 is 1.38 bits per heavy atom. The van der Waals surface area contributed by atoms with E-state index in [1.165, 1.54) is 12.1 Å². The highest BCUT2D eigenvalue weighted by Gasteiger charge is 2.30. The Hall–Kier alpha value is -2.46. The highest BCUT2D eigenvalue weighted by atomic mass is 35.5. The van der Waals surface area contributed by atoms with Crippen molar-refractivity contribution in [2.24, 2.45) is 5.92 Å². The van der Waals surface area contributed by atoms with Crippen LogP contribution in [0.5, 0.6) is 11.5 Å². The molecule has 1 aliphatic heterocycles. The molecule has 1 aromatic rings. The van der Waals surface area contributed by atoms with Gasteiger partial charge in [-0.05, 0) is 25.0 Å². The molecule has 0 saturated heterocycles. The van der Waals surface area contributed by atoms with Gasteiger partial charge < -0.3 is 19.5 Å². The smallest absolute Gasteiger partial charge is 0.338 e. The van der Waals surface area contributed by atoms with Gasteiger partial charge in [0.25, 0.3) is 5.91 Å². The Kier molecular flexibility index (Phi) is 6.32. The number of nitriles is 1. The van der Waals surface area contributed by atoms with Crippen molar-refractivity contribution >= 4 is 23.5 Å². The minimum absolute atomic E-state index is 0.104. The Morgan fingerprint density at radius 3 is 2.73 bits per heavy atom. The van der Waals surface area contributed by atoms with E-state index in [2.05, 4.69) is 11.4 Å². The molecule has 1 amide bonds. The summed E-state index contributed by atoms with van der Waals surface area (Å²) >= 11 is 6.14. The molecule has 1 heterocycles. The molecule has 26 heavy (non-hydrogen) atoms. The molecule has 0 aromatic heterocycles. The second kappa shape index (κ2) is 8.28. The summed E-state index contributed by atoms with van der Waals surface area (Å²) in [5.41, 5.74) is -0.888. The largest absolute Gasteiger partial charge is 0.489 e. The molecule has 0 radical (unpaired) electrons. The van der Waals surface area contributed by atoms with Crippen molar-refractivity contribution in [1.82, 2.24) is 5.32 Å². The highest BCUT2D eigenvalue weighted by molar-refractivity contribution is 6.32. The second-order valence-electron chi connectivity index (χ2n) is 6.43. The molecular weight excluding hydrogens is 360 g/mol. The molecule has 0 aliphatic carbocycles. The molecular formula is C18H21ClN2O5. The Morgan fingerprint density at radius 2 is 2.08 bits per heavy atom. The van der Waals surface area contributed by atoms with Crippen LogP contribution in [0, 0.1) is 17.2 Å². The average molecular weight is 381 g/mol. The molecule has 0 saturated carbocycles. The van der Waals surface area contributed by atoms with Crippen molar-refractivity contribution in [2.45, 2.75) is 32.7 Å². The van der Waals surface area contributed by atoms with Gasteiger partial charge in [0, 0.05) is 6.42 Å². The van der Waals surface area contributed by atoms with Crippen molar-refractivity contribution in [2.75, 3.05) is 19.8 Å². The first-order valence-corrected chi connectivity index (χ1v) is 8.63. The molecule has 1 aliphatic rings. The third kappa shape index (κ3) is 4.58. The summed E-state index contributed by atoms with van der Waals surface area (Å²) in [6, 6.07) is 4.93. The monoisotopic (exact) mass is 380 g/mol. The van der Waals surface area contributed by atoms with Crippen LogP contribution in [-0.2, 0) is 9.53 Å². The second-order valence-corrected chi connectivity index (χ2v) is 6.84. The average Bonchev–Trinajstić information content (AvgIpc) is 2.85. The van der Waals surface area contributed by atoms with Gasteiger partial charge in [0.2, 0.25) is 0 Å². The first kappa shape index (κ1) is 19.9. The van der Waals surface area contributed by atoms with Crippen molar-refractivity contribution in [3.05, 3.63) is 22.7 Å². The fourth-order valence-electron chi connectivity index (χ4n) is 2.19. The molecule has 140 valence electrons. The van der Waals surface area contributed by atoms with Gasteiger partial charge in [0.15, 0.2) is 18.1 Å². The number of esters is 1. The van der Waals surface area contributed by atoms with E-state index in [-0.39, 0.29) is 16.5 Å². The van der Waals surface area contributed by atoms with E-state index in [1.807, 2.05) is 13.8 Å². The van der Waals surface area contributed by atoms with Crippen molar-refractivity contribution in [1.29, 1.82) is 5.26 Å². The maximum Gasteiger partial charge on any atom is 0.338 e. The van der Waals surface area contributed by atoms with Gasteiger partial charge in [-0.15, -0.1) is 0 Å². The van der Waals surface area contributed by atoms with Gasteiger partial charge >= 0.3 is 5.97 Å². The maximum absolute atomic E-state index is 12.2. The number of fused-ring (bicyclic) bond motifs is 1. The van der Waals surface area contributed by atoms with Crippen molar-refractivity contribution in [3.8, 4) is 17.6 Å². The zero-order valence-electron chi connectivity index (χ0n) is 14.9. The predicted molar refractivity (Wildman–Crippen MR) is 94.3 cm³/mol. The fraction of sp³-hybridized carbons (Fsp3) is 0.500. The summed E-state index contributed by atoms with van der Waals surface area (Å²) in [6.07, 6.45) is 0.707. The molecule has 1 aromatic carbocycles. The number of amides is 1. The van der Waals surface area contributed by atoms with Gasteiger partial charge in [-0.2, -0.15) is 5.26 Å².